The number of rotatable bonds is 3. The van der Waals surface area contributed by atoms with Gasteiger partial charge in [0.1, 0.15) is 0 Å². The highest BCUT2D eigenvalue weighted by Crippen LogP contribution is 2.23. The first kappa shape index (κ1) is 8.44. The lowest BCUT2D eigenvalue weighted by molar-refractivity contribution is 0.0893. The van der Waals surface area contributed by atoms with E-state index in [1.54, 1.807) is 6.08 Å². The molecule has 0 N–H and O–H groups in total. The van der Waals surface area contributed by atoms with Crippen LogP contribution in [0.5, 0.6) is 0 Å². The Morgan fingerprint density at radius 2 is 2.55 bits per heavy atom. The molecule has 0 aromatic carbocycles. The summed E-state index contributed by atoms with van der Waals surface area (Å²) < 4.78 is 5.42. The van der Waals surface area contributed by atoms with Crippen molar-refractivity contribution in [2.75, 3.05) is 13.2 Å². The minimum absolute atomic E-state index is 0.312. The number of hydrogen-bond donors (Lipinski definition) is 0. The molecule has 0 aromatic heterocycles. The van der Waals surface area contributed by atoms with Crippen LogP contribution in [0.3, 0.4) is 0 Å². The van der Waals surface area contributed by atoms with E-state index in [2.05, 4.69) is 11.9 Å². The smallest absolute Gasteiger partial charge is 0.234 e. The van der Waals surface area contributed by atoms with Gasteiger partial charge in [0.25, 0.3) is 0 Å². The Kier molecular flexibility index (Phi) is 3.27. The SMILES string of the molecule is CCC1OCCC1CN=C=O. The summed E-state index contributed by atoms with van der Waals surface area (Å²) in [5, 5.41) is 0. The van der Waals surface area contributed by atoms with Gasteiger partial charge in [-0.2, -0.15) is 0 Å². The zero-order valence-corrected chi connectivity index (χ0v) is 6.75. The summed E-state index contributed by atoms with van der Waals surface area (Å²) in [5.41, 5.74) is 0. The molecule has 62 valence electrons. The quantitative estimate of drug-likeness (QED) is 0.452. The van der Waals surface area contributed by atoms with Crippen molar-refractivity contribution in [3.8, 4) is 0 Å². The number of nitrogens with zero attached hydrogens (tertiary/aromatic N) is 1. The van der Waals surface area contributed by atoms with E-state index < -0.39 is 0 Å². The van der Waals surface area contributed by atoms with Gasteiger partial charge < -0.3 is 4.74 Å². The average Bonchev–Trinajstić information content (AvgIpc) is 2.47. The van der Waals surface area contributed by atoms with Crippen molar-refractivity contribution in [2.45, 2.75) is 25.9 Å². The first-order chi connectivity index (χ1) is 5.38. The second-order valence-electron chi connectivity index (χ2n) is 2.80. The minimum Gasteiger partial charge on any atom is -0.378 e. The fraction of sp³-hybridized carbons (Fsp3) is 0.875. The number of hydrogen-bond acceptors (Lipinski definition) is 3. The van der Waals surface area contributed by atoms with Crippen molar-refractivity contribution < 1.29 is 9.53 Å². The number of ether oxygens (including phenoxy) is 1. The zero-order valence-electron chi connectivity index (χ0n) is 6.75. The van der Waals surface area contributed by atoms with Crippen LogP contribution in [-0.2, 0) is 9.53 Å². The van der Waals surface area contributed by atoms with Crippen molar-refractivity contribution in [3.63, 3.8) is 0 Å². The number of isocyanates is 1. The highest BCUT2D eigenvalue weighted by atomic mass is 16.5. The highest BCUT2D eigenvalue weighted by molar-refractivity contribution is 5.32. The van der Waals surface area contributed by atoms with Gasteiger partial charge in [0.15, 0.2) is 0 Å². The molecule has 0 radical (unpaired) electrons. The molecule has 1 aliphatic rings. The molecule has 0 spiro atoms. The number of aliphatic imine (C=N–C) groups is 1. The van der Waals surface area contributed by atoms with Crippen LogP contribution in [0.2, 0.25) is 0 Å². The maximum absolute atomic E-state index is 9.82. The lowest BCUT2D eigenvalue weighted by atomic mass is 10.0. The highest BCUT2D eigenvalue weighted by Gasteiger charge is 2.25. The zero-order chi connectivity index (χ0) is 8.10. The molecule has 3 nitrogen and oxygen atoms in total. The van der Waals surface area contributed by atoms with E-state index in [9.17, 15) is 4.79 Å². The second-order valence-corrected chi connectivity index (χ2v) is 2.80. The van der Waals surface area contributed by atoms with Gasteiger partial charge >= 0.3 is 0 Å². The van der Waals surface area contributed by atoms with Gasteiger partial charge in [-0.1, -0.05) is 6.92 Å². The summed E-state index contributed by atoms with van der Waals surface area (Å²) in [6, 6.07) is 0. The molecule has 2 unspecified atom stereocenters. The molecule has 1 heterocycles. The van der Waals surface area contributed by atoms with Crippen LogP contribution in [0.1, 0.15) is 19.8 Å². The van der Waals surface area contributed by atoms with Crippen LogP contribution < -0.4 is 0 Å². The van der Waals surface area contributed by atoms with Crippen molar-refractivity contribution in [2.24, 2.45) is 10.9 Å². The largest absolute Gasteiger partial charge is 0.378 e. The maximum Gasteiger partial charge on any atom is 0.234 e. The predicted octanol–water partition coefficient (Wildman–Crippen LogP) is 1.14. The van der Waals surface area contributed by atoms with Crippen LogP contribution in [0.25, 0.3) is 0 Å². The molecular formula is C8H13NO2. The molecule has 3 heteroatoms. The molecule has 0 aliphatic carbocycles. The monoisotopic (exact) mass is 155 g/mol. The fourth-order valence-corrected chi connectivity index (χ4v) is 1.51. The van der Waals surface area contributed by atoms with E-state index in [4.69, 9.17) is 4.74 Å². The van der Waals surface area contributed by atoms with Crippen LogP contribution in [0, 0.1) is 5.92 Å². The van der Waals surface area contributed by atoms with Gasteiger partial charge in [-0.05, 0) is 12.8 Å². The summed E-state index contributed by atoms with van der Waals surface area (Å²) in [7, 11) is 0. The third-order valence-electron chi connectivity index (χ3n) is 2.14. The van der Waals surface area contributed by atoms with Crippen molar-refractivity contribution in [1.82, 2.24) is 0 Å². The molecule has 1 aliphatic heterocycles. The van der Waals surface area contributed by atoms with Crippen LogP contribution >= 0.6 is 0 Å². The van der Waals surface area contributed by atoms with Crippen molar-refractivity contribution in [1.29, 1.82) is 0 Å². The maximum atomic E-state index is 9.82. The van der Waals surface area contributed by atoms with E-state index in [0.29, 0.717) is 18.6 Å². The summed E-state index contributed by atoms with van der Waals surface area (Å²) in [6.45, 7) is 3.49. The first-order valence-corrected chi connectivity index (χ1v) is 4.03. The van der Waals surface area contributed by atoms with Gasteiger partial charge in [0.05, 0.1) is 12.6 Å². The van der Waals surface area contributed by atoms with Crippen LogP contribution in [-0.4, -0.2) is 25.3 Å². The first-order valence-electron chi connectivity index (χ1n) is 4.03. The summed E-state index contributed by atoms with van der Waals surface area (Å²) >= 11 is 0. The minimum atomic E-state index is 0.312. The summed E-state index contributed by atoms with van der Waals surface area (Å²) in [4.78, 5) is 13.4. The van der Waals surface area contributed by atoms with Gasteiger partial charge in [0.2, 0.25) is 6.08 Å². The Morgan fingerprint density at radius 3 is 3.18 bits per heavy atom. The van der Waals surface area contributed by atoms with E-state index in [1.165, 1.54) is 0 Å². The summed E-state index contributed by atoms with van der Waals surface area (Å²) in [5.74, 6) is 0.446. The lowest BCUT2D eigenvalue weighted by Gasteiger charge is -2.12. The molecular weight excluding hydrogens is 142 g/mol. The molecule has 1 fully saturated rings. The predicted molar refractivity (Wildman–Crippen MR) is 41.1 cm³/mol. The molecule has 11 heavy (non-hydrogen) atoms. The number of carbonyl (C=O) groups excluding carboxylic acids is 1. The van der Waals surface area contributed by atoms with E-state index >= 15 is 0 Å². The Labute approximate surface area is 66.5 Å². The molecule has 1 rings (SSSR count). The molecule has 2 atom stereocenters. The fourth-order valence-electron chi connectivity index (χ4n) is 1.51. The Bertz CT molecular complexity index is 163. The van der Waals surface area contributed by atoms with Crippen molar-refractivity contribution in [3.05, 3.63) is 0 Å². The molecule has 0 aromatic rings. The third-order valence-corrected chi connectivity index (χ3v) is 2.14. The van der Waals surface area contributed by atoms with E-state index in [0.717, 1.165) is 19.4 Å². The molecule has 0 bridgehead atoms. The van der Waals surface area contributed by atoms with E-state index in [-0.39, 0.29) is 0 Å². The Balaban J connectivity index is 2.36. The topological polar surface area (TPSA) is 38.7 Å². The Morgan fingerprint density at radius 1 is 1.73 bits per heavy atom. The normalized spacial score (nSPS) is 29.9. The van der Waals surface area contributed by atoms with Gasteiger partial charge in [0, 0.05) is 12.5 Å². The van der Waals surface area contributed by atoms with Crippen LogP contribution in [0.4, 0.5) is 0 Å². The third kappa shape index (κ3) is 2.14. The van der Waals surface area contributed by atoms with Gasteiger partial charge in [-0.15, -0.1) is 0 Å². The van der Waals surface area contributed by atoms with Gasteiger partial charge in [-0.3, -0.25) is 0 Å². The van der Waals surface area contributed by atoms with E-state index in [1.807, 2.05) is 0 Å². The van der Waals surface area contributed by atoms with Crippen molar-refractivity contribution >= 4 is 6.08 Å². The molecule has 1 saturated heterocycles. The van der Waals surface area contributed by atoms with Crippen LogP contribution in [0.15, 0.2) is 4.99 Å². The summed E-state index contributed by atoms with van der Waals surface area (Å²) in [6.07, 6.45) is 3.92. The average molecular weight is 155 g/mol. The Hall–Kier alpha value is -0.660. The van der Waals surface area contributed by atoms with Gasteiger partial charge in [-0.25, -0.2) is 9.79 Å². The molecule has 0 saturated carbocycles. The standard InChI is InChI=1S/C8H13NO2/c1-2-8-7(3-4-11-8)5-9-6-10/h7-8H,2-5H2,1H3. The lowest BCUT2D eigenvalue weighted by Crippen LogP contribution is -2.17. The molecule has 0 amide bonds. The second kappa shape index (κ2) is 4.27.